The van der Waals surface area contributed by atoms with Gasteiger partial charge in [0.25, 0.3) is 0 Å². The average Bonchev–Trinajstić information content (AvgIpc) is 3.47. The number of hydrogen-bond donors (Lipinski definition) is 0. The largest absolute Gasteiger partial charge is 0.461 e. The van der Waals surface area contributed by atoms with Crippen molar-refractivity contribution in [3.8, 4) is 6.01 Å². The van der Waals surface area contributed by atoms with Gasteiger partial charge < -0.3 is 19.3 Å². The predicted molar refractivity (Wildman–Crippen MR) is 143 cm³/mol. The first kappa shape index (κ1) is 26.7. The molecule has 4 saturated heterocycles. The van der Waals surface area contributed by atoms with Gasteiger partial charge in [0.1, 0.15) is 29.7 Å². The monoisotopic (exact) mass is 564 g/mol. The molecule has 2 aromatic rings. The maximum Gasteiger partial charge on any atom is 0.410 e. The number of alkyl halides is 1. The number of pyridine rings is 1. The first-order valence-electron chi connectivity index (χ1n) is 13.8. The van der Waals surface area contributed by atoms with E-state index >= 15 is 4.39 Å². The van der Waals surface area contributed by atoms with Crippen LogP contribution in [-0.4, -0.2) is 93.5 Å². The van der Waals surface area contributed by atoms with Gasteiger partial charge in [0, 0.05) is 38.8 Å². The summed E-state index contributed by atoms with van der Waals surface area (Å²) in [4.78, 5) is 32.1. The SMILES string of the molecule is CC(C)(C)OC(=O)N1CC2CCN(c3nc(OC[C@@]45CCCN4C[C@H](F)C5)nc4c(F)c(Cl)ncc34)CC1C2. The number of ether oxygens (including phenoxy) is 2. The first-order valence-corrected chi connectivity index (χ1v) is 14.2. The summed E-state index contributed by atoms with van der Waals surface area (Å²) >= 11 is 6.02. The van der Waals surface area contributed by atoms with Gasteiger partial charge in [-0.1, -0.05) is 11.6 Å². The number of rotatable bonds is 4. The highest BCUT2D eigenvalue weighted by atomic mass is 35.5. The highest BCUT2D eigenvalue weighted by Crippen LogP contribution is 2.41. The van der Waals surface area contributed by atoms with Crippen LogP contribution in [0.4, 0.5) is 19.4 Å². The molecule has 0 aromatic carbocycles. The Kier molecular flexibility index (Phi) is 6.73. The number of halogens is 3. The fourth-order valence-corrected chi connectivity index (χ4v) is 6.91. The fourth-order valence-electron chi connectivity index (χ4n) is 6.77. The van der Waals surface area contributed by atoms with Crippen molar-refractivity contribution in [3.63, 3.8) is 0 Å². The number of carbonyl (C=O) groups excluding carboxylic acids is 1. The topological polar surface area (TPSA) is 83.9 Å². The molecule has 39 heavy (non-hydrogen) atoms. The van der Waals surface area contributed by atoms with Crippen molar-refractivity contribution in [3.05, 3.63) is 17.2 Å². The summed E-state index contributed by atoms with van der Waals surface area (Å²) in [6.07, 6.45) is 4.22. The summed E-state index contributed by atoms with van der Waals surface area (Å²) in [6, 6.07) is -0.0432. The van der Waals surface area contributed by atoms with Crippen LogP contribution in [0.2, 0.25) is 5.15 Å². The van der Waals surface area contributed by atoms with Crippen LogP contribution < -0.4 is 9.64 Å². The Morgan fingerprint density at radius 3 is 2.85 bits per heavy atom. The van der Waals surface area contributed by atoms with Gasteiger partial charge in [-0.25, -0.2) is 18.6 Å². The van der Waals surface area contributed by atoms with Crippen molar-refractivity contribution in [2.24, 2.45) is 5.92 Å². The van der Waals surface area contributed by atoms with Crippen LogP contribution in [0.1, 0.15) is 52.9 Å². The number of fused-ring (bicyclic) bond motifs is 4. The van der Waals surface area contributed by atoms with E-state index in [1.165, 1.54) is 6.20 Å². The van der Waals surface area contributed by atoms with Gasteiger partial charge in [0.2, 0.25) is 0 Å². The van der Waals surface area contributed by atoms with Crippen LogP contribution in [0.15, 0.2) is 6.20 Å². The minimum atomic E-state index is -0.884. The van der Waals surface area contributed by atoms with Crippen molar-refractivity contribution < 1.29 is 23.0 Å². The van der Waals surface area contributed by atoms with Gasteiger partial charge in [0.15, 0.2) is 11.0 Å². The molecule has 2 aromatic heterocycles. The summed E-state index contributed by atoms with van der Waals surface area (Å²) < 4.78 is 41.3. The predicted octanol–water partition coefficient (Wildman–Crippen LogP) is 4.61. The lowest BCUT2D eigenvalue weighted by molar-refractivity contribution is 0.0221. The Bertz CT molecular complexity index is 1280. The zero-order chi connectivity index (χ0) is 27.5. The molecule has 2 bridgehead atoms. The van der Waals surface area contributed by atoms with Crippen LogP contribution in [0.3, 0.4) is 0 Å². The summed E-state index contributed by atoms with van der Waals surface area (Å²) in [5.74, 6) is 0.0918. The molecule has 1 amide bonds. The molecule has 0 radical (unpaired) electrons. The quantitative estimate of drug-likeness (QED) is 0.498. The van der Waals surface area contributed by atoms with E-state index in [-0.39, 0.29) is 41.0 Å². The lowest BCUT2D eigenvalue weighted by Gasteiger charge is -2.34. The molecular weight excluding hydrogens is 530 g/mol. The summed E-state index contributed by atoms with van der Waals surface area (Å²) in [5, 5.41) is 0.150. The maximum atomic E-state index is 15.2. The number of aromatic nitrogens is 3. The average molecular weight is 565 g/mol. The van der Waals surface area contributed by atoms with Crippen LogP contribution in [0.25, 0.3) is 10.9 Å². The van der Waals surface area contributed by atoms with Crippen LogP contribution in [0, 0.1) is 11.7 Å². The minimum absolute atomic E-state index is 0.0283. The van der Waals surface area contributed by atoms with Gasteiger partial charge >= 0.3 is 12.1 Å². The maximum absolute atomic E-state index is 15.2. The highest BCUT2D eigenvalue weighted by molar-refractivity contribution is 6.30. The summed E-state index contributed by atoms with van der Waals surface area (Å²) in [7, 11) is 0. The molecule has 4 aliphatic heterocycles. The Balaban J connectivity index is 1.30. The molecule has 0 aliphatic carbocycles. The number of anilines is 1. The second-order valence-corrected chi connectivity index (χ2v) is 12.8. The van der Waals surface area contributed by atoms with Gasteiger partial charge in [0.05, 0.1) is 17.0 Å². The molecule has 0 saturated carbocycles. The second kappa shape index (κ2) is 9.83. The van der Waals surface area contributed by atoms with Crippen molar-refractivity contribution in [2.45, 2.75) is 76.2 Å². The van der Waals surface area contributed by atoms with E-state index in [0.29, 0.717) is 49.7 Å². The van der Waals surface area contributed by atoms with Crippen molar-refractivity contribution in [1.29, 1.82) is 0 Å². The molecular formula is C27H35ClF2N6O3. The van der Waals surface area contributed by atoms with Gasteiger partial charge in [-0.05, 0) is 58.9 Å². The molecule has 212 valence electrons. The molecule has 2 unspecified atom stereocenters. The molecule has 12 heteroatoms. The minimum Gasteiger partial charge on any atom is -0.461 e. The van der Waals surface area contributed by atoms with E-state index in [1.54, 1.807) is 4.90 Å². The molecule has 4 aliphatic rings. The van der Waals surface area contributed by atoms with Crippen molar-refractivity contribution in [1.82, 2.24) is 24.8 Å². The molecule has 0 spiro atoms. The Labute approximate surface area is 231 Å². The third kappa shape index (κ3) is 5.08. The number of nitrogens with zero attached hydrogens (tertiary/aromatic N) is 6. The van der Waals surface area contributed by atoms with Crippen molar-refractivity contribution >= 4 is 34.4 Å². The number of likely N-dealkylation sites (tertiary alicyclic amines) is 1. The molecule has 4 atom stereocenters. The number of carbonyl (C=O) groups is 1. The smallest absolute Gasteiger partial charge is 0.410 e. The fraction of sp³-hybridized carbons (Fsp3) is 0.704. The van der Waals surface area contributed by atoms with E-state index in [4.69, 9.17) is 26.1 Å². The Morgan fingerprint density at radius 1 is 1.23 bits per heavy atom. The van der Waals surface area contributed by atoms with E-state index in [2.05, 4.69) is 19.8 Å². The summed E-state index contributed by atoms with van der Waals surface area (Å²) in [6.45, 7) is 8.90. The lowest BCUT2D eigenvalue weighted by atomic mass is 9.95. The Morgan fingerprint density at radius 2 is 2.05 bits per heavy atom. The first-order chi connectivity index (χ1) is 18.5. The third-order valence-corrected chi connectivity index (χ3v) is 8.76. The van der Waals surface area contributed by atoms with E-state index in [1.807, 2.05) is 20.8 Å². The normalized spacial score (nSPS) is 29.1. The third-order valence-electron chi connectivity index (χ3n) is 8.50. The number of amides is 1. The van der Waals surface area contributed by atoms with E-state index in [9.17, 15) is 9.18 Å². The lowest BCUT2D eigenvalue weighted by Crippen LogP contribution is -2.46. The van der Waals surface area contributed by atoms with Crippen LogP contribution in [0.5, 0.6) is 6.01 Å². The Hall–Kier alpha value is -2.53. The molecule has 0 N–H and O–H groups in total. The zero-order valence-corrected chi connectivity index (χ0v) is 23.4. The van der Waals surface area contributed by atoms with Crippen LogP contribution in [-0.2, 0) is 4.74 Å². The molecule has 4 fully saturated rings. The standard InChI is InChI=1S/C27H35ClF2N6O3/c1-26(2,3)39-25(37)36-12-16-5-8-34(14-18(36)9-16)23-19-11-31-22(28)20(30)21(19)32-24(33-23)38-15-27-6-4-7-35(27)13-17(29)10-27/h11,16-18H,4-10,12-15H2,1-3H3/t16?,17-,18?,27+/m1/s1. The van der Waals surface area contributed by atoms with Crippen molar-refractivity contribution in [2.75, 3.05) is 44.2 Å². The number of hydrogen-bond acceptors (Lipinski definition) is 8. The summed E-state index contributed by atoms with van der Waals surface area (Å²) in [5.41, 5.74) is -0.942. The molecule has 9 nitrogen and oxygen atoms in total. The van der Waals surface area contributed by atoms with E-state index < -0.39 is 17.6 Å². The van der Waals surface area contributed by atoms with Gasteiger partial charge in [-0.2, -0.15) is 9.97 Å². The van der Waals surface area contributed by atoms with Gasteiger partial charge in [-0.3, -0.25) is 4.90 Å². The van der Waals surface area contributed by atoms with Gasteiger partial charge in [-0.15, -0.1) is 0 Å². The zero-order valence-electron chi connectivity index (χ0n) is 22.6. The molecule has 6 rings (SSSR count). The van der Waals surface area contributed by atoms with Crippen LogP contribution >= 0.6 is 11.6 Å². The second-order valence-electron chi connectivity index (χ2n) is 12.4. The molecule has 6 heterocycles. The highest BCUT2D eigenvalue weighted by Gasteiger charge is 2.49. The van der Waals surface area contributed by atoms with E-state index in [0.717, 1.165) is 32.2 Å².